The molecule has 0 aliphatic rings. The summed E-state index contributed by atoms with van der Waals surface area (Å²) in [5.74, 6) is 0.950. The highest BCUT2D eigenvalue weighted by atomic mass is 35.5. The van der Waals surface area contributed by atoms with Crippen molar-refractivity contribution < 1.29 is 4.74 Å². The molecule has 0 aliphatic carbocycles. The number of hydrogen-bond acceptors (Lipinski definition) is 3. The van der Waals surface area contributed by atoms with Crippen molar-refractivity contribution >= 4 is 23.4 Å². The molecule has 1 aromatic carbocycles. The van der Waals surface area contributed by atoms with Gasteiger partial charge in [0.15, 0.2) is 0 Å². The highest BCUT2D eigenvalue weighted by Gasteiger charge is 2.16. The molecule has 0 spiro atoms. The number of thioether (sulfide) groups is 1. The van der Waals surface area contributed by atoms with Gasteiger partial charge in [0.25, 0.3) is 0 Å². The highest BCUT2D eigenvalue weighted by molar-refractivity contribution is 7.99. The molecule has 2 N–H and O–H groups in total. The summed E-state index contributed by atoms with van der Waals surface area (Å²) in [6.07, 6.45) is 0. The van der Waals surface area contributed by atoms with E-state index in [4.69, 9.17) is 22.1 Å². The number of halogens is 1. The summed E-state index contributed by atoms with van der Waals surface area (Å²) in [4.78, 5) is 0. The first kappa shape index (κ1) is 13.8. The van der Waals surface area contributed by atoms with Gasteiger partial charge in [-0.25, -0.2) is 0 Å². The van der Waals surface area contributed by atoms with Crippen LogP contribution in [0.1, 0.15) is 17.7 Å². The number of benzene rings is 1. The highest BCUT2D eigenvalue weighted by Crippen LogP contribution is 2.31. The van der Waals surface area contributed by atoms with Crippen LogP contribution in [0.5, 0.6) is 0 Å². The minimum atomic E-state index is 0.114. The smallest absolute Gasteiger partial charge is 0.0553 e. The third kappa shape index (κ3) is 4.34. The molecule has 1 rings (SSSR count). The normalized spacial score (nSPS) is 14.8. The van der Waals surface area contributed by atoms with Crippen LogP contribution in [-0.2, 0) is 4.74 Å². The zero-order chi connectivity index (χ0) is 12.0. The van der Waals surface area contributed by atoms with Gasteiger partial charge in [0, 0.05) is 29.2 Å². The van der Waals surface area contributed by atoms with Gasteiger partial charge in [0.05, 0.1) is 6.61 Å². The lowest BCUT2D eigenvalue weighted by Gasteiger charge is -2.20. The first-order chi connectivity index (χ1) is 7.65. The molecule has 16 heavy (non-hydrogen) atoms. The molecule has 0 saturated carbocycles. The first-order valence-corrected chi connectivity index (χ1v) is 6.69. The van der Waals surface area contributed by atoms with Crippen LogP contribution < -0.4 is 5.73 Å². The van der Waals surface area contributed by atoms with Crippen LogP contribution in [0, 0.1) is 0 Å². The predicted octanol–water partition coefficient (Wildman–Crippen LogP) is 3.11. The molecular formula is C12H18ClNOS. The average molecular weight is 260 g/mol. The SMILES string of the molecule is COCCSC(c1ccc(Cl)cc1)C(C)N. The molecule has 0 aromatic heterocycles. The summed E-state index contributed by atoms with van der Waals surface area (Å²) in [7, 11) is 1.71. The molecule has 2 atom stereocenters. The Bertz CT molecular complexity index is 302. The Kier molecular flexibility index (Phi) is 6.21. The van der Waals surface area contributed by atoms with Gasteiger partial charge in [-0.3, -0.25) is 0 Å². The number of nitrogens with two attached hydrogens (primary N) is 1. The molecule has 2 unspecified atom stereocenters. The van der Waals surface area contributed by atoms with Crippen molar-refractivity contribution in [3.05, 3.63) is 34.9 Å². The lowest BCUT2D eigenvalue weighted by Crippen LogP contribution is -2.23. The van der Waals surface area contributed by atoms with E-state index in [0.717, 1.165) is 17.4 Å². The van der Waals surface area contributed by atoms with Crippen molar-refractivity contribution in [3.8, 4) is 0 Å². The summed E-state index contributed by atoms with van der Waals surface area (Å²) in [5, 5.41) is 1.06. The largest absolute Gasteiger partial charge is 0.384 e. The van der Waals surface area contributed by atoms with Crippen LogP contribution in [0.25, 0.3) is 0 Å². The molecule has 90 valence electrons. The second-order valence-corrected chi connectivity index (χ2v) is 5.38. The summed E-state index contributed by atoms with van der Waals surface area (Å²) >= 11 is 7.68. The average Bonchev–Trinajstić information content (AvgIpc) is 2.26. The van der Waals surface area contributed by atoms with Crippen molar-refractivity contribution in [2.24, 2.45) is 5.73 Å². The molecular weight excluding hydrogens is 242 g/mol. The van der Waals surface area contributed by atoms with Crippen LogP contribution in [0.4, 0.5) is 0 Å². The Morgan fingerprint density at radius 1 is 1.38 bits per heavy atom. The fraction of sp³-hybridized carbons (Fsp3) is 0.500. The second-order valence-electron chi connectivity index (χ2n) is 3.69. The Hall–Kier alpha value is -0.220. The first-order valence-electron chi connectivity index (χ1n) is 5.26. The Labute approximate surface area is 107 Å². The molecule has 0 saturated heterocycles. The lowest BCUT2D eigenvalue weighted by atomic mass is 10.1. The van der Waals surface area contributed by atoms with Gasteiger partial charge in [-0.05, 0) is 24.6 Å². The third-order valence-electron chi connectivity index (χ3n) is 2.26. The van der Waals surface area contributed by atoms with E-state index in [1.54, 1.807) is 7.11 Å². The van der Waals surface area contributed by atoms with Gasteiger partial charge in [-0.2, -0.15) is 0 Å². The summed E-state index contributed by atoms with van der Waals surface area (Å²) in [6.45, 7) is 2.78. The summed E-state index contributed by atoms with van der Waals surface area (Å²) < 4.78 is 5.04. The Morgan fingerprint density at radius 2 is 2.00 bits per heavy atom. The summed E-state index contributed by atoms with van der Waals surface area (Å²) in [5.41, 5.74) is 7.22. The number of ether oxygens (including phenoxy) is 1. The molecule has 0 amide bonds. The summed E-state index contributed by atoms with van der Waals surface area (Å²) in [6, 6.07) is 8.00. The van der Waals surface area contributed by atoms with Crippen LogP contribution in [-0.4, -0.2) is 25.5 Å². The molecule has 4 heteroatoms. The predicted molar refractivity (Wildman–Crippen MR) is 72.2 cm³/mol. The van der Waals surface area contributed by atoms with E-state index in [2.05, 4.69) is 0 Å². The topological polar surface area (TPSA) is 35.2 Å². The van der Waals surface area contributed by atoms with Crippen molar-refractivity contribution in [2.75, 3.05) is 19.5 Å². The minimum Gasteiger partial charge on any atom is -0.384 e. The second kappa shape index (κ2) is 7.17. The molecule has 0 radical (unpaired) electrons. The van der Waals surface area contributed by atoms with Crippen LogP contribution in [0.3, 0.4) is 0 Å². The maximum Gasteiger partial charge on any atom is 0.0553 e. The van der Waals surface area contributed by atoms with E-state index in [1.165, 1.54) is 5.56 Å². The molecule has 0 fully saturated rings. The zero-order valence-corrected chi connectivity index (χ0v) is 11.2. The fourth-order valence-electron chi connectivity index (χ4n) is 1.46. The standard InChI is InChI=1S/C12H18ClNOS/c1-9(14)12(16-8-7-15-2)10-3-5-11(13)6-4-10/h3-6,9,12H,7-8,14H2,1-2H3. The van der Waals surface area contributed by atoms with Gasteiger partial charge >= 0.3 is 0 Å². The quantitative estimate of drug-likeness (QED) is 0.798. The van der Waals surface area contributed by atoms with E-state index < -0.39 is 0 Å². The molecule has 1 aromatic rings. The van der Waals surface area contributed by atoms with Crippen molar-refractivity contribution in [3.63, 3.8) is 0 Å². The van der Waals surface area contributed by atoms with Crippen LogP contribution >= 0.6 is 23.4 Å². The van der Waals surface area contributed by atoms with Crippen molar-refractivity contribution in [2.45, 2.75) is 18.2 Å². The van der Waals surface area contributed by atoms with E-state index in [-0.39, 0.29) is 6.04 Å². The van der Waals surface area contributed by atoms with Gasteiger partial charge in [0.2, 0.25) is 0 Å². The molecule has 0 aliphatic heterocycles. The van der Waals surface area contributed by atoms with Gasteiger partial charge in [-0.1, -0.05) is 23.7 Å². The minimum absolute atomic E-state index is 0.114. The van der Waals surface area contributed by atoms with Gasteiger partial charge in [0.1, 0.15) is 0 Å². The van der Waals surface area contributed by atoms with Crippen molar-refractivity contribution in [1.29, 1.82) is 0 Å². The van der Waals surface area contributed by atoms with E-state index in [1.807, 2.05) is 43.0 Å². The van der Waals surface area contributed by atoms with Crippen LogP contribution in [0.15, 0.2) is 24.3 Å². The maximum absolute atomic E-state index is 5.99. The molecule has 0 bridgehead atoms. The number of methoxy groups -OCH3 is 1. The fourth-order valence-corrected chi connectivity index (χ4v) is 2.76. The van der Waals surface area contributed by atoms with E-state index in [9.17, 15) is 0 Å². The third-order valence-corrected chi connectivity index (χ3v) is 3.98. The Morgan fingerprint density at radius 3 is 2.50 bits per heavy atom. The van der Waals surface area contributed by atoms with E-state index in [0.29, 0.717) is 5.25 Å². The Balaban J connectivity index is 2.65. The molecule has 2 nitrogen and oxygen atoms in total. The van der Waals surface area contributed by atoms with Gasteiger partial charge < -0.3 is 10.5 Å². The van der Waals surface area contributed by atoms with Gasteiger partial charge in [-0.15, -0.1) is 11.8 Å². The zero-order valence-electron chi connectivity index (χ0n) is 9.65. The molecule has 0 heterocycles. The lowest BCUT2D eigenvalue weighted by molar-refractivity contribution is 0.218. The monoisotopic (exact) mass is 259 g/mol. The van der Waals surface area contributed by atoms with E-state index >= 15 is 0 Å². The van der Waals surface area contributed by atoms with Crippen LogP contribution in [0.2, 0.25) is 5.02 Å². The maximum atomic E-state index is 5.99. The number of hydrogen-bond donors (Lipinski definition) is 1. The van der Waals surface area contributed by atoms with Crippen molar-refractivity contribution in [1.82, 2.24) is 0 Å². The number of rotatable bonds is 6.